The van der Waals surface area contributed by atoms with Crippen molar-refractivity contribution in [2.75, 3.05) is 26.2 Å². The number of likely N-dealkylation sites (tertiary alicyclic amines) is 1. The van der Waals surface area contributed by atoms with Crippen LogP contribution in [0.15, 0.2) is 60.8 Å². The normalized spacial score (nSPS) is 19.6. The molecule has 32 heavy (non-hydrogen) atoms. The first-order chi connectivity index (χ1) is 15.6. The third-order valence-electron chi connectivity index (χ3n) is 7.77. The molecule has 1 heterocycles. The molecular weight excluding hydrogens is 412 g/mol. The van der Waals surface area contributed by atoms with Gasteiger partial charge in [0.25, 0.3) is 0 Å². The van der Waals surface area contributed by atoms with E-state index in [9.17, 15) is 0 Å². The van der Waals surface area contributed by atoms with Crippen LogP contribution in [-0.2, 0) is 5.41 Å². The van der Waals surface area contributed by atoms with Crippen molar-refractivity contribution in [3.05, 3.63) is 82.5 Å². The van der Waals surface area contributed by atoms with Crippen LogP contribution in [0.3, 0.4) is 0 Å². The van der Waals surface area contributed by atoms with Crippen LogP contribution in [0.2, 0.25) is 5.02 Å². The summed E-state index contributed by atoms with van der Waals surface area (Å²) in [5.74, 6) is 0.731. The Labute approximate surface area is 200 Å². The van der Waals surface area contributed by atoms with Gasteiger partial charge in [-0.15, -0.1) is 0 Å². The lowest BCUT2D eigenvalue weighted by molar-refractivity contribution is 0.209. The smallest absolute Gasteiger partial charge is 0.0406 e. The van der Waals surface area contributed by atoms with Gasteiger partial charge in [0, 0.05) is 22.7 Å². The van der Waals surface area contributed by atoms with Gasteiger partial charge in [0.05, 0.1) is 0 Å². The quantitative estimate of drug-likeness (QED) is 0.427. The van der Waals surface area contributed by atoms with Crippen molar-refractivity contribution >= 4 is 11.6 Å². The molecular formula is C29H39ClN2. The molecule has 3 heteroatoms. The Hall–Kier alpha value is -1.77. The lowest BCUT2D eigenvalue weighted by atomic mass is 9.67. The Morgan fingerprint density at radius 2 is 1.78 bits per heavy atom. The summed E-state index contributed by atoms with van der Waals surface area (Å²) in [5.41, 5.74) is 5.55. The third-order valence-corrected chi connectivity index (χ3v) is 8.02. The Kier molecular flexibility index (Phi) is 7.97. The van der Waals surface area contributed by atoms with Gasteiger partial charge in [-0.2, -0.15) is 0 Å². The fourth-order valence-corrected chi connectivity index (χ4v) is 5.94. The second kappa shape index (κ2) is 10.9. The molecule has 0 aromatic heterocycles. The average molecular weight is 451 g/mol. The molecule has 0 radical (unpaired) electrons. The first-order valence-electron chi connectivity index (χ1n) is 12.5. The van der Waals surface area contributed by atoms with E-state index in [1.54, 1.807) is 0 Å². The number of nitrogens with one attached hydrogen (secondary N) is 1. The predicted octanol–water partition coefficient (Wildman–Crippen LogP) is 7.22. The van der Waals surface area contributed by atoms with Crippen molar-refractivity contribution in [1.29, 1.82) is 0 Å². The molecule has 1 aliphatic carbocycles. The first-order valence-corrected chi connectivity index (χ1v) is 12.9. The Morgan fingerprint density at radius 1 is 1.06 bits per heavy atom. The molecule has 4 rings (SSSR count). The van der Waals surface area contributed by atoms with Gasteiger partial charge in [0.2, 0.25) is 0 Å². The Balaban J connectivity index is 1.24. The number of benzene rings is 2. The zero-order valence-electron chi connectivity index (χ0n) is 19.7. The van der Waals surface area contributed by atoms with E-state index in [2.05, 4.69) is 60.1 Å². The molecule has 2 aliphatic rings. The first kappa shape index (κ1) is 23.4. The highest BCUT2D eigenvalue weighted by atomic mass is 35.5. The minimum atomic E-state index is 0.0645. The molecule has 2 aromatic rings. The Morgan fingerprint density at radius 3 is 2.47 bits per heavy atom. The number of aryl methyl sites for hydroxylation is 1. The second-order valence-corrected chi connectivity index (χ2v) is 10.4. The monoisotopic (exact) mass is 450 g/mol. The standard InChI is InChI=1S/C29H39ClN2/c1-23-8-6-9-26(22-23)25-14-20-32(21-15-25)19-7-18-31-24(2)29(16-4-3-5-17-29)27-10-12-28(30)13-11-27/h6,8-13,22,25,31H,2-5,7,14-21H2,1H3. The van der Waals surface area contributed by atoms with Gasteiger partial charge in [-0.1, -0.05) is 79.4 Å². The molecule has 0 bridgehead atoms. The fourth-order valence-electron chi connectivity index (χ4n) is 5.81. The van der Waals surface area contributed by atoms with Crippen molar-refractivity contribution < 1.29 is 0 Å². The molecule has 1 aliphatic heterocycles. The van der Waals surface area contributed by atoms with E-state index in [-0.39, 0.29) is 5.41 Å². The van der Waals surface area contributed by atoms with E-state index in [0.29, 0.717) is 0 Å². The number of nitrogens with zero attached hydrogens (tertiary/aromatic N) is 1. The summed E-state index contributed by atoms with van der Waals surface area (Å²) in [6, 6.07) is 17.6. The largest absolute Gasteiger partial charge is 0.388 e. The number of hydrogen-bond donors (Lipinski definition) is 1. The molecule has 2 nitrogen and oxygen atoms in total. The average Bonchev–Trinajstić information content (AvgIpc) is 2.83. The van der Waals surface area contributed by atoms with Crippen molar-refractivity contribution in [2.45, 2.75) is 69.6 Å². The maximum atomic E-state index is 6.16. The van der Waals surface area contributed by atoms with Crippen LogP contribution in [0.1, 0.15) is 74.0 Å². The lowest BCUT2D eigenvalue weighted by Crippen LogP contribution is -2.39. The molecule has 2 aromatic carbocycles. The second-order valence-electron chi connectivity index (χ2n) is 9.94. The number of rotatable bonds is 8. The highest BCUT2D eigenvalue weighted by molar-refractivity contribution is 6.30. The number of hydrogen-bond acceptors (Lipinski definition) is 2. The molecule has 1 N–H and O–H groups in total. The van der Waals surface area contributed by atoms with Crippen LogP contribution in [0.4, 0.5) is 0 Å². The molecule has 0 atom stereocenters. The SMILES string of the molecule is C=C(NCCCN1CCC(c2cccc(C)c2)CC1)C1(c2ccc(Cl)cc2)CCCCC1. The van der Waals surface area contributed by atoms with E-state index in [0.717, 1.165) is 17.5 Å². The minimum absolute atomic E-state index is 0.0645. The number of halogens is 1. The highest BCUT2D eigenvalue weighted by Gasteiger charge is 2.36. The van der Waals surface area contributed by atoms with E-state index in [4.69, 9.17) is 11.6 Å². The lowest BCUT2D eigenvalue weighted by Gasteiger charge is -2.40. The minimum Gasteiger partial charge on any atom is -0.388 e. The summed E-state index contributed by atoms with van der Waals surface area (Å²) in [4.78, 5) is 2.65. The van der Waals surface area contributed by atoms with Crippen LogP contribution in [0.25, 0.3) is 0 Å². The molecule has 1 saturated heterocycles. The summed E-state index contributed by atoms with van der Waals surface area (Å²) in [6.45, 7) is 11.3. The molecule has 0 amide bonds. The highest BCUT2D eigenvalue weighted by Crippen LogP contribution is 2.43. The van der Waals surface area contributed by atoms with Crippen molar-refractivity contribution in [3.63, 3.8) is 0 Å². The summed E-state index contributed by atoms with van der Waals surface area (Å²) in [6.07, 6.45) is 10.00. The van der Waals surface area contributed by atoms with Crippen LogP contribution >= 0.6 is 11.6 Å². The van der Waals surface area contributed by atoms with E-state index in [1.165, 1.54) is 93.4 Å². The van der Waals surface area contributed by atoms with Gasteiger partial charge >= 0.3 is 0 Å². The zero-order valence-corrected chi connectivity index (χ0v) is 20.5. The summed E-state index contributed by atoms with van der Waals surface area (Å²) >= 11 is 6.16. The van der Waals surface area contributed by atoms with Gasteiger partial charge in [-0.3, -0.25) is 0 Å². The van der Waals surface area contributed by atoms with Crippen molar-refractivity contribution in [1.82, 2.24) is 10.2 Å². The fraction of sp³-hybridized carbons (Fsp3) is 0.517. The van der Waals surface area contributed by atoms with Crippen LogP contribution in [0.5, 0.6) is 0 Å². The Bertz CT molecular complexity index is 874. The van der Waals surface area contributed by atoms with Crippen molar-refractivity contribution in [3.8, 4) is 0 Å². The third kappa shape index (κ3) is 5.58. The molecule has 1 saturated carbocycles. The maximum absolute atomic E-state index is 6.16. The van der Waals surface area contributed by atoms with E-state index in [1.807, 2.05) is 12.1 Å². The molecule has 0 spiro atoms. The van der Waals surface area contributed by atoms with Gasteiger partial charge in [-0.25, -0.2) is 0 Å². The van der Waals surface area contributed by atoms with Gasteiger partial charge in [0.1, 0.15) is 0 Å². The number of allylic oxidation sites excluding steroid dienone is 1. The maximum Gasteiger partial charge on any atom is 0.0406 e. The van der Waals surface area contributed by atoms with E-state index >= 15 is 0 Å². The molecule has 2 fully saturated rings. The zero-order chi connectivity index (χ0) is 22.4. The van der Waals surface area contributed by atoms with Crippen LogP contribution in [0, 0.1) is 6.92 Å². The van der Waals surface area contributed by atoms with Gasteiger partial charge < -0.3 is 10.2 Å². The topological polar surface area (TPSA) is 15.3 Å². The van der Waals surface area contributed by atoms with E-state index < -0.39 is 0 Å². The van der Waals surface area contributed by atoms with Gasteiger partial charge in [-0.05, 0) is 87.8 Å². The summed E-state index contributed by atoms with van der Waals surface area (Å²) in [5, 5.41) is 4.54. The predicted molar refractivity (Wildman–Crippen MR) is 138 cm³/mol. The summed E-state index contributed by atoms with van der Waals surface area (Å²) < 4.78 is 0. The molecule has 0 unspecified atom stereocenters. The number of piperidine rings is 1. The van der Waals surface area contributed by atoms with Crippen LogP contribution < -0.4 is 5.32 Å². The molecule has 172 valence electrons. The van der Waals surface area contributed by atoms with Crippen molar-refractivity contribution in [2.24, 2.45) is 0 Å². The van der Waals surface area contributed by atoms with Gasteiger partial charge in [0.15, 0.2) is 0 Å². The summed E-state index contributed by atoms with van der Waals surface area (Å²) in [7, 11) is 0. The van der Waals surface area contributed by atoms with Crippen LogP contribution in [-0.4, -0.2) is 31.1 Å².